The van der Waals surface area contributed by atoms with E-state index >= 15 is 0 Å². The first kappa shape index (κ1) is 20.8. The third kappa shape index (κ3) is 3.83. The Balaban J connectivity index is 1.51. The number of thiophene rings is 1. The minimum Gasteiger partial charge on any atom is -0.343 e. The summed E-state index contributed by atoms with van der Waals surface area (Å²) in [5, 5.41) is 4.98. The Bertz CT molecular complexity index is 953. The average molecular weight is 428 g/mol. The molecule has 0 bridgehead atoms. The lowest BCUT2D eigenvalue weighted by molar-refractivity contribution is -0.131. The van der Waals surface area contributed by atoms with Crippen LogP contribution in [0, 0.1) is 13.8 Å². The summed E-state index contributed by atoms with van der Waals surface area (Å²) in [7, 11) is 0. The lowest BCUT2D eigenvalue weighted by Crippen LogP contribution is -2.47. The summed E-state index contributed by atoms with van der Waals surface area (Å²) in [4.78, 5) is 41.3. The van der Waals surface area contributed by atoms with Crippen molar-refractivity contribution in [2.75, 3.05) is 6.54 Å². The van der Waals surface area contributed by atoms with Crippen molar-refractivity contribution in [3.63, 3.8) is 0 Å². The smallest absolute Gasteiger partial charge is 0.325 e. The molecule has 1 aliphatic heterocycles. The van der Waals surface area contributed by atoms with Gasteiger partial charge in [0.15, 0.2) is 5.78 Å². The van der Waals surface area contributed by atoms with E-state index in [4.69, 9.17) is 0 Å². The second kappa shape index (κ2) is 8.38. The maximum absolute atomic E-state index is 13.2. The SMILES string of the molecule is Cc1cc(C(=O)CN2C(=O)NC3(CCCCCCC3)C2=O)c(C)n1Cc1cccs1. The lowest BCUT2D eigenvalue weighted by Gasteiger charge is -2.28. The van der Waals surface area contributed by atoms with Crippen LogP contribution in [0.3, 0.4) is 0 Å². The Kier molecular flexibility index (Phi) is 5.82. The van der Waals surface area contributed by atoms with E-state index in [2.05, 4.69) is 16.0 Å². The molecule has 3 amide bonds. The van der Waals surface area contributed by atoms with Crippen LogP contribution >= 0.6 is 11.3 Å². The minimum atomic E-state index is -0.812. The minimum absolute atomic E-state index is 0.188. The van der Waals surface area contributed by atoms with Crippen molar-refractivity contribution in [1.82, 2.24) is 14.8 Å². The normalized spacial score (nSPS) is 19.1. The Morgan fingerprint density at radius 3 is 2.50 bits per heavy atom. The van der Waals surface area contributed by atoms with Gasteiger partial charge in [0.05, 0.1) is 13.1 Å². The molecule has 1 aliphatic carbocycles. The standard InChI is InChI=1S/C23H29N3O3S/c1-16-13-19(17(2)25(16)14-18-9-8-12-30-18)20(27)15-26-21(28)23(24-22(26)29)10-6-4-3-5-7-11-23/h8-9,12-13H,3-7,10-11,14-15H2,1-2H3,(H,24,29). The molecule has 1 saturated carbocycles. The van der Waals surface area contributed by atoms with Gasteiger partial charge in [-0.1, -0.05) is 38.2 Å². The summed E-state index contributed by atoms with van der Waals surface area (Å²) in [6, 6.07) is 5.53. The molecule has 0 aromatic carbocycles. The number of ketones is 1. The third-order valence-electron chi connectivity index (χ3n) is 6.52. The topological polar surface area (TPSA) is 71.4 Å². The summed E-state index contributed by atoms with van der Waals surface area (Å²) < 4.78 is 2.11. The number of carbonyl (C=O) groups excluding carboxylic acids is 3. The highest BCUT2D eigenvalue weighted by Crippen LogP contribution is 2.32. The van der Waals surface area contributed by atoms with Crippen LogP contribution in [0.4, 0.5) is 4.79 Å². The van der Waals surface area contributed by atoms with Gasteiger partial charge in [-0.2, -0.15) is 0 Å². The van der Waals surface area contributed by atoms with Gasteiger partial charge in [-0.05, 0) is 44.2 Å². The maximum Gasteiger partial charge on any atom is 0.325 e. The van der Waals surface area contributed by atoms with Crippen LogP contribution in [0.2, 0.25) is 0 Å². The molecule has 0 atom stereocenters. The number of nitrogens with one attached hydrogen (secondary N) is 1. The molecule has 2 fully saturated rings. The highest BCUT2D eigenvalue weighted by Gasteiger charge is 2.50. The van der Waals surface area contributed by atoms with Crippen LogP contribution in [0.1, 0.15) is 71.6 Å². The monoisotopic (exact) mass is 427 g/mol. The van der Waals surface area contributed by atoms with Gasteiger partial charge in [-0.25, -0.2) is 4.79 Å². The molecule has 0 radical (unpaired) electrons. The summed E-state index contributed by atoms with van der Waals surface area (Å²) in [6.07, 6.45) is 6.53. The van der Waals surface area contributed by atoms with Gasteiger partial charge in [0.25, 0.3) is 5.91 Å². The molecular weight excluding hydrogens is 398 g/mol. The van der Waals surface area contributed by atoms with Crippen LogP contribution in [0.15, 0.2) is 23.6 Å². The molecule has 4 rings (SSSR count). The summed E-state index contributed by atoms with van der Waals surface area (Å²) in [5.41, 5.74) is 1.65. The van der Waals surface area contributed by atoms with Gasteiger partial charge in [0, 0.05) is 21.8 Å². The summed E-state index contributed by atoms with van der Waals surface area (Å²) in [5.74, 6) is -0.415. The molecule has 2 aromatic heterocycles. The van der Waals surface area contributed by atoms with Gasteiger partial charge in [0.1, 0.15) is 5.54 Å². The van der Waals surface area contributed by atoms with Gasteiger partial charge in [-0.15, -0.1) is 11.3 Å². The second-order valence-electron chi connectivity index (χ2n) is 8.54. The number of aryl methyl sites for hydroxylation is 1. The third-order valence-corrected chi connectivity index (χ3v) is 7.38. The number of imide groups is 1. The van der Waals surface area contributed by atoms with Crippen molar-refractivity contribution in [1.29, 1.82) is 0 Å². The first-order valence-corrected chi connectivity index (χ1v) is 11.7. The molecule has 2 aromatic rings. The number of Topliss-reactive ketones (excluding diaryl/α,β-unsaturated/α-hetero) is 1. The summed E-state index contributed by atoms with van der Waals surface area (Å²) >= 11 is 1.68. The van der Waals surface area contributed by atoms with Crippen molar-refractivity contribution >= 4 is 29.1 Å². The molecule has 0 unspecified atom stereocenters. The number of nitrogens with zero attached hydrogens (tertiary/aromatic N) is 2. The Labute approximate surface area is 181 Å². The van der Waals surface area contributed by atoms with Gasteiger partial charge in [-0.3, -0.25) is 14.5 Å². The Morgan fingerprint density at radius 1 is 1.13 bits per heavy atom. The van der Waals surface area contributed by atoms with E-state index in [1.54, 1.807) is 11.3 Å². The number of carbonyl (C=O) groups is 3. The fraction of sp³-hybridized carbons (Fsp3) is 0.522. The van der Waals surface area contributed by atoms with Gasteiger partial charge < -0.3 is 9.88 Å². The number of hydrogen-bond acceptors (Lipinski definition) is 4. The number of rotatable bonds is 5. The van der Waals surface area contributed by atoms with Crippen LogP contribution in [0.5, 0.6) is 0 Å². The van der Waals surface area contributed by atoms with E-state index in [-0.39, 0.29) is 18.2 Å². The molecule has 6 nitrogen and oxygen atoms in total. The van der Waals surface area contributed by atoms with Crippen LogP contribution in [-0.2, 0) is 11.3 Å². The number of hydrogen-bond donors (Lipinski definition) is 1. The molecule has 160 valence electrons. The average Bonchev–Trinajstić information content (AvgIpc) is 3.36. The maximum atomic E-state index is 13.2. The van der Waals surface area contributed by atoms with Crippen molar-refractivity contribution in [3.8, 4) is 0 Å². The van der Waals surface area contributed by atoms with Crippen molar-refractivity contribution in [2.45, 2.75) is 70.9 Å². The summed E-state index contributed by atoms with van der Waals surface area (Å²) in [6.45, 7) is 4.43. The van der Waals surface area contributed by atoms with Crippen LogP contribution < -0.4 is 5.32 Å². The van der Waals surface area contributed by atoms with Gasteiger partial charge in [0.2, 0.25) is 0 Å². The molecule has 1 saturated heterocycles. The van der Waals surface area contributed by atoms with Crippen LogP contribution in [0.25, 0.3) is 0 Å². The fourth-order valence-corrected chi connectivity index (χ4v) is 5.47. The van der Waals surface area contributed by atoms with E-state index in [0.29, 0.717) is 18.4 Å². The zero-order chi connectivity index (χ0) is 21.3. The van der Waals surface area contributed by atoms with E-state index < -0.39 is 11.6 Å². The van der Waals surface area contributed by atoms with Crippen molar-refractivity contribution < 1.29 is 14.4 Å². The van der Waals surface area contributed by atoms with E-state index in [9.17, 15) is 14.4 Å². The van der Waals surface area contributed by atoms with Crippen LogP contribution in [-0.4, -0.2) is 39.3 Å². The molecule has 1 spiro atoms. The quantitative estimate of drug-likeness (QED) is 0.567. The largest absolute Gasteiger partial charge is 0.343 e. The zero-order valence-electron chi connectivity index (χ0n) is 17.7. The first-order valence-electron chi connectivity index (χ1n) is 10.8. The van der Waals surface area contributed by atoms with E-state index in [1.165, 1.54) is 11.3 Å². The number of amides is 3. The molecule has 2 aliphatic rings. The predicted molar refractivity (Wildman–Crippen MR) is 117 cm³/mol. The van der Waals surface area contributed by atoms with Crippen molar-refractivity contribution in [2.24, 2.45) is 0 Å². The molecule has 1 N–H and O–H groups in total. The lowest BCUT2D eigenvalue weighted by atomic mass is 9.84. The highest BCUT2D eigenvalue weighted by molar-refractivity contribution is 7.09. The number of aromatic nitrogens is 1. The molecular formula is C23H29N3O3S. The molecule has 7 heteroatoms. The van der Waals surface area contributed by atoms with E-state index in [1.807, 2.05) is 31.4 Å². The number of urea groups is 1. The van der Waals surface area contributed by atoms with Gasteiger partial charge >= 0.3 is 6.03 Å². The first-order chi connectivity index (χ1) is 14.4. The highest BCUT2D eigenvalue weighted by atomic mass is 32.1. The molecule has 3 heterocycles. The van der Waals surface area contributed by atoms with E-state index in [0.717, 1.165) is 48.5 Å². The molecule has 30 heavy (non-hydrogen) atoms. The zero-order valence-corrected chi connectivity index (χ0v) is 18.5. The van der Waals surface area contributed by atoms with Crippen molar-refractivity contribution in [3.05, 3.63) is 45.4 Å². The predicted octanol–water partition coefficient (Wildman–Crippen LogP) is 4.43. The Hall–Kier alpha value is -2.41. The Morgan fingerprint density at radius 2 is 1.83 bits per heavy atom. The second-order valence-corrected chi connectivity index (χ2v) is 9.58. The fourth-order valence-electron chi connectivity index (χ4n) is 4.78.